The normalized spacial score (nSPS) is 11.5. The molecule has 0 fully saturated rings. The van der Waals surface area contributed by atoms with E-state index in [4.69, 9.17) is 0 Å². The maximum absolute atomic E-state index is 4.65. The Balaban J connectivity index is 1.49. The predicted molar refractivity (Wildman–Crippen MR) is 121 cm³/mol. The lowest BCUT2D eigenvalue weighted by molar-refractivity contribution is 0.621. The van der Waals surface area contributed by atoms with Gasteiger partial charge in [0.25, 0.3) is 0 Å². The molecule has 32 heavy (non-hydrogen) atoms. The minimum Gasteiger partial charge on any atom is -0.309 e. The monoisotopic (exact) mass is 428 g/mol. The standard InChI is InChI=1S/C22H24N10/c1-14(2)11-18-16(13-30(3)29-18)21-28-27-20-12-15(7-10-32(20)21)17-5-8-23-22(25-17)26-19-6-9-24-31(19)4/h5-10,12-14H,11H2,1-4H3,(H,23,25,26). The first kappa shape index (κ1) is 19.9. The van der Waals surface area contributed by atoms with Crippen LogP contribution < -0.4 is 5.32 Å². The van der Waals surface area contributed by atoms with Crippen LogP contribution in [0.25, 0.3) is 28.3 Å². The minimum absolute atomic E-state index is 0.501. The van der Waals surface area contributed by atoms with Gasteiger partial charge in [-0.3, -0.25) is 13.8 Å². The number of aromatic nitrogens is 9. The van der Waals surface area contributed by atoms with Gasteiger partial charge in [0.1, 0.15) is 5.82 Å². The Labute approximate surface area is 185 Å². The molecule has 0 radical (unpaired) electrons. The third-order valence-corrected chi connectivity index (χ3v) is 5.17. The van der Waals surface area contributed by atoms with Crippen molar-refractivity contribution in [2.75, 3.05) is 5.32 Å². The van der Waals surface area contributed by atoms with Crippen molar-refractivity contribution >= 4 is 17.4 Å². The zero-order valence-corrected chi connectivity index (χ0v) is 18.4. The van der Waals surface area contributed by atoms with Crippen LogP contribution in [0.5, 0.6) is 0 Å². The molecular formula is C22H24N10. The number of hydrogen-bond acceptors (Lipinski definition) is 7. The van der Waals surface area contributed by atoms with Gasteiger partial charge in [-0.1, -0.05) is 13.8 Å². The molecule has 0 saturated carbocycles. The molecular weight excluding hydrogens is 404 g/mol. The summed E-state index contributed by atoms with van der Waals surface area (Å²) >= 11 is 0. The van der Waals surface area contributed by atoms with Gasteiger partial charge in [-0.2, -0.15) is 10.2 Å². The topological polar surface area (TPSA) is 104 Å². The van der Waals surface area contributed by atoms with Crippen molar-refractivity contribution in [1.82, 2.24) is 44.1 Å². The van der Waals surface area contributed by atoms with Crippen LogP contribution in [-0.2, 0) is 20.5 Å². The van der Waals surface area contributed by atoms with Crippen molar-refractivity contribution in [1.29, 1.82) is 0 Å². The summed E-state index contributed by atoms with van der Waals surface area (Å²) in [5, 5.41) is 20.8. The van der Waals surface area contributed by atoms with Crippen LogP contribution in [0.1, 0.15) is 19.5 Å². The van der Waals surface area contributed by atoms with E-state index < -0.39 is 0 Å². The molecule has 0 aliphatic carbocycles. The number of nitrogens with one attached hydrogen (secondary N) is 1. The number of hydrogen-bond donors (Lipinski definition) is 1. The van der Waals surface area contributed by atoms with Crippen LogP contribution in [0, 0.1) is 5.92 Å². The van der Waals surface area contributed by atoms with Gasteiger partial charge in [0.2, 0.25) is 5.95 Å². The predicted octanol–water partition coefficient (Wildman–Crippen LogP) is 3.26. The van der Waals surface area contributed by atoms with Crippen LogP contribution in [0.4, 0.5) is 11.8 Å². The Hall–Kier alpha value is -4.08. The number of aryl methyl sites for hydroxylation is 2. The van der Waals surface area contributed by atoms with E-state index in [2.05, 4.69) is 49.5 Å². The average Bonchev–Trinajstić information content (AvgIpc) is 3.46. The zero-order valence-electron chi connectivity index (χ0n) is 18.4. The fourth-order valence-electron chi connectivity index (χ4n) is 3.68. The Morgan fingerprint density at radius 1 is 1.06 bits per heavy atom. The van der Waals surface area contributed by atoms with E-state index in [1.165, 1.54) is 0 Å². The highest BCUT2D eigenvalue weighted by molar-refractivity contribution is 5.68. The van der Waals surface area contributed by atoms with E-state index in [1.807, 2.05) is 59.8 Å². The molecule has 5 rings (SSSR count). The first-order valence-electron chi connectivity index (χ1n) is 10.4. The minimum atomic E-state index is 0.501. The van der Waals surface area contributed by atoms with Crippen molar-refractivity contribution < 1.29 is 0 Å². The van der Waals surface area contributed by atoms with Gasteiger partial charge in [-0.05, 0) is 30.5 Å². The molecule has 0 aliphatic rings. The molecule has 162 valence electrons. The second kappa shape index (κ2) is 7.88. The Kier molecular flexibility index (Phi) is 4.89. The van der Waals surface area contributed by atoms with E-state index >= 15 is 0 Å². The van der Waals surface area contributed by atoms with Gasteiger partial charge < -0.3 is 5.32 Å². The summed E-state index contributed by atoms with van der Waals surface area (Å²) in [5.41, 5.74) is 4.50. The molecule has 0 amide bonds. The molecule has 5 aromatic rings. The van der Waals surface area contributed by atoms with Crippen molar-refractivity contribution in [2.45, 2.75) is 20.3 Å². The highest BCUT2D eigenvalue weighted by Gasteiger charge is 2.17. The maximum atomic E-state index is 4.65. The summed E-state index contributed by atoms with van der Waals surface area (Å²) in [7, 11) is 3.79. The second-order valence-electron chi connectivity index (χ2n) is 8.16. The third kappa shape index (κ3) is 3.70. The summed E-state index contributed by atoms with van der Waals surface area (Å²) in [5.74, 6) is 2.60. The van der Waals surface area contributed by atoms with Crippen LogP contribution in [0.2, 0.25) is 0 Å². The van der Waals surface area contributed by atoms with Gasteiger partial charge in [-0.25, -0.2) is 9.97 Å². The maximum Gasteiger partial charge on any atom is 0.228 e. The third-order valence-electron chi connectivity index (χ3n) is 5.17. The van der Waals surface area contributed by atoms with Crippen molar-refractivity contribution in [2.24, 2.45) is 20.0 Å². The van der Waals surface area contributed by atoms with Gasteiger partial charge in [0, 0.05) is 44.3 Å². The SMILES string of the molecule is CC(C)Cc1nn(C)cc1-c1nnc2cc(-c3ccnc(Nc4ccnn4C)n3)ccn12. The van der Waals surface area contributed by atoms with E-state index in [0.29, 0.717) is 11.9 Å². The number of anilines is 2. The molecule has 0 bridgehead atoms. The Morgan fingerprint density at radius 2 is 1.94 bits per heavy atom. The Bertz CT molecular complexity index is 1390. The first-order valence-corrected chi connectivity index (χ1v) is 10.4. The summed E-state index contributed by atoms with van der Waals surface area (Å²) in [6.07, 6.45) is 8.31. The number of fused-ring (bicyclic) bond motifs is 1. The molecule has 10 heteroatoms. The number of rotatable bonds is 6. The molecule has 0 aliphatic heterocycles. The molecule has 5 aromatic heterocycles. The first-order chi connectivity index (χ1) is 15.5. The van der Waals surface area contributed by atoms with Crippen LogP contribution in [-0.4, -0.2) is 44.1 Å². The van der Waals surface area contributed by atoms with Gasteiger partial charge in [0.15, 0.2) is 11.5 Å². The van der Waals surface area contributed by atoms with E-state index in [0.717, 1.165) is 46.2 Å². The van der Waals surface area contributed by atoms with Gasteiger partial charge in [0.05, 0.1) is 23.1 Å². The summed E-state index contributed by atoms with van der Waals surface area (Å²) in [6.45, 7) is 4.37. The molecule has 5 heterocycles. The quantitative estimate of drug-likeness (QED) is 0.443. The number of nitrogens with zero attached hydrogens (tertiary/aromatic N) is 9. The summed E-state index contributed by atoms with van der Waals surface area (Å²) in [4.78, 5) is 8.96. The van der Waals surface area contributed by atoms with Gasteiger partial charge >= 0.3 is 0 Å². The largest absolute Gasteiger partial charge is 0.309 e. The lowest BCUT2D eigenvalue weighted by atomic mass is 10.1. The van der Waals surface area contributed by atoms with Crippen molar-refractivity contribution in [3.8, 4) is 22.6 Å². The highest BCUT2D eigenvalue weighted by atomic mass is 15.3. The lowest BCUT2D eigenvalue weighted by Gasteiger charge is -2.07. The van der Waals surface area contributed by atoms with E-state index in [1.54, 1.807) is 17.1 Å². The summed E-state index contributed by atoms with van der Waals surface area (Å²) in [6, 6.07) is 7.73. The van der Waals surface area contributed by atoms with Crippen LogP contribution in [0.15, 0.2) is 49.1 Å². The molecule has 0 saturated heterocycles. The zero-order chi connectivity index (χ0) is 22.2. The Morgan fingerprint density at radius 3 is 2.72 bits per heavy atom. The molecule has 0 unspecified atom stereocenters. The molecule has 1 N–H and O–H groups in total. The van der Waals surface area contributed by atoms with Crippen molar-refractivity contribution in [3.05, 3.63) is 54.7 Å². The fraction of sp³-hybridized carbons (Fsp3) is 0.273. The molecule has 0 atom stereocenters. The smallest absolute Gasteiger partial charge is 0.228 e. The highest BCUT2D eigenvalue weighted by Crippen LogP contribution is 2.26. The van der Waals surface area contributed by atoms with Crippen LogP contribution in [0.3, 0.4) is 0 Å². The van der Waals surface area contributed by atoms with E-state index in [-0.39, 0.29) is 0 Å². The molecule has 0 spiro atoms. The summed E-state index contributed by atoms with van der Waals surface area (Å²) < 4.78 is 5.55. The second-order valence-corrected chi connectivity index (χ2v) is 8.16. The number of pyridine rings is 1. The van der Waals surface area contributed by atoms with Crippen LogP contribution >= 0.6 is 0 Å². The fourth-order valence-corrected chi connectivity index (χ4v) is 3.68. The lowest BCUT2D eigenvalue weighted by Crippen LogP contribution is -2.03. The van der Waals surface area contributed by atoms with Crippen molar-refractivity contribution in [3.63, 3.8) is 0 Å². The molecule has 0 aromatic carbocycles. The van der Waals surface area contributed by atoms with Gasteiger partial charge in [-0.15, -0.1) is 10.2 Å². The average molecular weight is 429 g/mol. The van der Waals surface area contributed by atoms with E-state index in [9.17, 15) is 0 Å². The molecule has 10 nitrogen and oxygen atoms in total.